The Morgan fingerprint density at radius 1 is 1.28 bits per heavy atom. The van der Waals surface area contributed by atoms with E-state index in [2.05, 4.69) is 0 Å². The van der Waals surface area contributed by atoms with Gasteiger partial charge in [0, 0.05) is 0 Å². The van der Waals surface area contributed by atoms with Crippen molar-refractivity contribution in [3.8, 4) is 11.5 Å². The number of carbonyl (C=O) groups excluding carboxylic acids is 2. The van der Waals surface area contributed by atoms with Crippen LogP contribution in [-0.2, 0) is 9.59 Å². The first-order valence-corrected chi connectivity index (χ1v) is 8.72. The van der Waals surface area contributed by atoms with Crippen LogP contribution in [-0.4, -0.2) is 41.4 Å². The lowest BCUT2D eigenvalue weighted by molar-refractivity contribution is -0.311. The van der Waals surface area contributed by atoms with Gasteiger partial charge in [-0.2, -0.15) is 0 Å². The van der Waals surface area contributed by atoms with Crippen molar-refractivity contribution in [1.82, 2.24) is 4.90 Å². The van der Waals surface area contributed by atoms with E-state index in [-0.39, 0.29) is 10.2 Å². The van der Waals surface area contributed by atoms with Gasteiger partial charge in [0.25, 0.3) is 5.91 Å². The molecule has 0 spiro atoms. The van der Waals surface area contributed by atoms with Gasteiger partial charge in [0.2, 0.25) is 0 Å². The topological polar surface area (TPSA) is 78.9 Å². The fourth-order valence-corrected chi connectivity index (χ4v) is 3.82. The number of carboxylic acids is 1. The summed E-state index contributed by atoms with van der Waals surface area (Å²) in [6, 6.07) is 4.13. The molecule has 1 aromatic rings. The number of thiocarbonyl (C=S) groups is 1. The molecule has 8 heteroatoms. The molecule has 0 radical (unpaired) electrons. The molecular formula is C17H18NO5S2-. The van der Waals surface area contributed by atoms with E-state index in [0.29, 0.717) is 22.0 Å². The smallest absolute Gasteiger partial charge is 0.266 e. The van der Waals surface area contributed by atoms with Gasteiger partial charge in [0.05, 0.1) is 31.1 Å². The molecule has 1 aliphatic heterocycles. The fourth-order valence-electron chi connectivity index (χ4n) is 2.49. The highest BCUT2D eigenvalue weighted by Gasteiger charge is 2.39. The average Bonchev–Trinajstić information content (AvgIpc) is 2.82. The quantitative estimate of drug-likeness (QED) is 0.549. The number of thioether (sulfide) groups is 1. The Hall–Kier alpha value is -2.06. The first kappa shape index (κ1) is 19.3. The van der Waals surface area contributed by atoms with Crippen molar-refractivity contribution in [3.05, 3.63) is 28.7 Å². The number of carbonyl (C=O) groups is 2. The molecule has 2 rings (SSSR count). The lowest BCUT2D eigenvalue weighted by Gasteiger charge is -2.30. The van der Waals surface area contributed by atoms with Gasteiger partial charge < -0.3 is 19.4 Å². The lowest BCUT2D eigenvalue weighted by Crippen LogP contribution is -2.52. The molecule has 134 valence electrons. The van der Waals surface area contributed by atoms with Gasteiger partial charge in [0.1, 0.15) is 4.32 Å². The zero-order chi connectivity index (χ0) is 18.7. The zero-order valence-corrected chi connectivity index (χ0v) is 15.9. The molecule has 1 amide bonds. The van der Waals surface area contributed by atoms with Crippen LogP contribution in [0.2, 0.25) is 0 Å². The standard InChI is InChI=1S/C17H19NO5S2/c1-9(2)14(16(20)21)18-15(19)13(25-17(18)24)8-10-5-6-11(22-3)12(7-10)23-4/h5-9,14H,1-4H3,(H,20,21)/p-1. The number of benzene rings is 1. The van der Waals surface area contributed by atoms with E-state index in [0.717, 1.165) is 16.7 Å². The molecule has 1 aliphatic rings. The summed E-state index contributed by atoms with van der Waals surface area (Å²) in [4.78, 5) is 25.5. The van der Waals surface area contributed by atoms with Crippen LogP contribution in [0.25, 0.3) is 6.08 Å². The van der Waals surface area contributed by atoms with Crippen molar-refractivity contribution in [3.63, 3.8) is 0 Å². The predicted octanol–water partition coefficient (Wildman–Crippen LogP) is 1.68. The maximum absolute atomic E-state index is 12.7. The second-order valence-corrected chi connectivity index (χ2v) is 7.35. The summed E-state index contributed by atoms with van der Waals surface area (Å²) in [7, 11) is 3.06. The third-order valence-corrected chi connectivity index (χ3v) is 5.01. The number of methoxy groups -OCH3 is 2. The number of hydrogen-bond acceptors (Lipinski definition) is 7. The Labute approximate surface area is 155 Å². The molecule has 0 aliphatic carbocycles. The van der Waals surface area contributed by atoms with E-state index in [9.17, 15) is 14.7 Å². The molecule has 6 nitrogen and oxygen atoms in total. The predicted molar refractivity (Wildman–Crippen MR) is 98.2 cm³/mol. The normalized spacial score (nSPS) is 17.3. The maximum Gasteiger partial charge on any atom is 0.266 e. The Kier molecular flexibility index (Phi) is 6.07. The number of rotatable bonds is 6. The van der Waals surface area contributed by atoms with Crippen molar-refractivity contribution in [2.24, 2.45) is 5.92 Å². The molecule has 0 saturated carbocycles. The molecule has 1 unspecified atom stereocenters. The lowest BCUT2D eigenvalue weighted by atomic mass is 10.0. The summed E-state index contributed by atoms with van der Waals surface area (Å²) < 4.78 is 10.6. The summed E-state index contributed by atoms with van der Waals surface area (Å²) in [5.41, 5.74) is 0.715. The van der Waals surface area contributed by atoms with E-state index in [1.807, 2.05) is 0 Å². The summed E-state index contributed by atoms with van der Waals surface area (Å²) in [5.74, 6) is -0.982. The largest absolute Gasteiger partial charge is 0.548 e. The minimum Gasteiger partial charge on any atom is -0.548 e. The first-order valence-electron chi connectivity index (χ1n) is 7.50. The fraction of sp³-hybridized carbons (Fsp3) is 0.353. The monoisotopic (exact) mass is 380 g/mol. The van der Waals surface area contributed by atoms with E-state index in [1.54, 1.807) is 38.1 Å². The van der Waals surface area contributed by atoms with Gasteiger partial charge in [-0.15, -0.1) is 0 Å². The summed E-state index contributed by atoms with van der Waals surface area (Å²) in [5, 5.41) is 11.4. The Bertz CT molecular complexity index is 745. The highest BCUT2D eigenvalue weighted by molar-refractivity contribution is 8.26. The molecule has 1 aromatic carbocycles. The third-order valence-electron chi connectivity index (χ3n) is 3.68. The zero-order valence-electron chi connectivity index (χ0n) is 14.3. The van der Waals surface area contributed by atoms with Crippen LogP contribution in [0.4, 0.5) is 0 Å². The van der Waals surface area contributed by atoms with Crippen LogP contribution in [0.1, 0.15) is 19.4 Å². The Morgan fingerprint density at radius 3 is 2.44 bits per heavy atom. The molecule has 1 fully saturated rings. The van der Waals surface area contributed by atoms with Crippen LogP contribution < -0.4 is 14.6 Å². The molecule has 0 N–H and O–H groups in total. The van der Waals surface area contributed by atoms with Crippen molar-refractivity contribution in [1.29, 1.82) is 0 Å². The van der Waals surface area contributed by atoms with Crippen molar-refractivity contribution in [2.45, 2.75) is 19.9 Å². The molecular weight excluding hydrogens is 362 g/mol. The summed E-state index contributed by atoms with van der Waals surface area (Å²) in [6.45, 7) is 3.41. The second kappa shape index (κ2) is 7.88. The molecule has 25 heavy (non-hydrogen) atoms. The maximum atomic E-state index is 12.7. The van der Waals surface area contributed by atoms with Crippen LogP contribution in [0.3, 0.4) is 0 Å². The second-order valence-electron chi connectivity index (χ2n) is 5.67. The first-order chi connectivity index (χ1) is 11.8. The number of ether oxygens (including phenoxy) is 2. The minimum absolute atomic E-state index is 0.208. The third kappa shape index (κ3) is 3.96. The summed E-state index contributed by atoms with van der Waals surface area (Å²) in [6.07, 6.45) is 1.65. The van der Waals surface area contributed by atoms with E-state index in [1.165, 1.54) is 14.2 Å². The van der Waals surface area contributed by atoms with Crippen molar-refractivity contribution >= 4 is 46.3 Å². The van der Waals surface area contributed by atoms with Gasteiger partial charge >= 0.3 is 0 Å². The van der Waals surface area contributed by atoms with Gasteiger partial charge in [-0.3, -0.25) is 9.69 Å². The van der Waals surface area contributed by atoms with Crippen LogP contribution in [0.5, 0.6) is 11.5 Å². The van der Waals surface area contributed by atoms with Crippen LogP contribution in [0, 0.1) is 5.92 Å². The highest BCUT2D eigenvalue weighted by Crippen LogP contribution is 2.36. The molecule has 0 bridgehead atoms. The number of nitrogens with zero attached hydrogens (tertiary/aromatic N) is 1. The van der Waals surface area contributed by atoms with E-state index < -0.39 is 17.9 Å². The Morgan fingerprint density at radius 2 is 1.92 bits per heavy atom. The van der Waals surface area contributed by atoms with Crippen molar-refractivity contribution < 1.29 is 24.2 Å². The molecule has 1 saturated heterocycles. The van der Waals surface area contributed by atoms with E-state index >= 15 is 0 Å². The minimum atomic E-state index is -1.32. The van der Waals surface area contributed by atoms with Crippen LogP contribution >= 0.6 is 24.0 Å². The average molecular weight is 380 g/mol. The van der Waals surface area contributed by atoms with Gasteiger partial charge in [0.15, 0.2) is 11.5 Å². The molecule has 0 aromatic heterocycles. The highest BCUT2D eigenvalue weighted by atomic mass is 32.2. The van der Waals surface area contributed by atoms with Gasteiger partial charge in [-0.1, -0.05) is 43.9 Å². The molecule has 1 heterocycles. The number of hydrogen-bond donors (Lipinski definition) is 0. The molecule has 1 atom stereocenters. The van der Waals surface area contributed by atoms with Gasteiger partial charge in [-0.25, -0.2) is 0 Å². The SMILES string of the molecule is COc1ccc(C=C2SC(=S)N(C(C(=O)[O-])C(C)C)C2=O)cc1OC. The van der Waals surface area contributed by atoms with E-state index in [4.69, 9.17) is 21.7 Å². The van der Waals surface area contributed by atoms with Crippen LogP contribution in [0.15, 0.2) is 23.1 Å². The Balaban J connectivity index is 2.36. The number of amides is 1. The summed E-state index contributed by atoms with van der Waals surface area (Å²) >= 11 is 6.27. The number of carboxylic acid groups (broad SMARTS) is 1. The van der Waals surface area contributed by atoms with Crippen molar-refractivity contribution in [2.75, 3.05) is 14.2 Å². The number of aliphatic carboxylic acids is 1. The van der Waals surface area contributed by atoms with Gasteiger partial charge in [-0.05, 0) is 29.7 Å².